The molecule has 37 heavy (non-hydrogen) atoms. The van der Waals surface area contributed by atoms with Gasteiger partial charge in [0.2, 0.25) is 6.16 Å². The van der Waals surface area contributed by atoms with Gasteiger partial charge in [-0.15, -0.1) is 0 Å². The van der Waals surface area contributed by atoms with Gasteiger partial charge < -0.3 is 24.9 Å². The van der Waals surface area contributed by atoms with Crippen LogP contribution in [-0.4, -0.2) is 33.7 Å². The fourth-order valence-corrected chi connectivity index (χ4v) is 10.4. The summed E-state index contributed by atoms with van der Waals surface area (Å²) in [7, 11) is 0. The largest absolute Gasteiger partial charge is 0.565 e. The molecule has 0 aromatic carbocycles. The van der Waals surface area contributed by atoms with Crippen molar-refractivity contribution in [2.24, 2.45) is 52.3 Å². The van der Waals surface area contributed by atoms with Crippen LogP contribution in [0.25, 0.3) is 0 Å². The number of hydrogen-bond donors (Lipinski definition) is 2. The Morgan fingerprint density at radius 1 is 1.05 bits per heavy atom. The van der Waals surface area contributed by atoms with Crippen LogP contribution in [0.15, 0.2) is 0 Å². The molecular formula is C31H52O6. The molecule has 4 saturated carbocycles. The Morgan fingerprint density at radius 3 is 2.35 bits per heavy atom. The molecular weight excluding hydrogens is 468 g/mol. The second kappa shape index (κ2) is 10.0. The van der Waals surface area contributed by atoms with Crippen LogP contribution >= 0.6 is 0 Å². The zero-order valence-electron chi connectivity index (χ0n) is 24.3. The Morgan fingerprint density at radius 2 is 1.70 bits per heavy atom. The van der Waals surface area contributed by atoms with Gasteiger partial charge in [-0.25, -0.2) is 0 Å². The lowest BCUT2D eigenvalue weighted by Crippen LogP contribution is -2.64. The number of hydrogen-bond acceptors (Lipinski definition) is 4. The maximum Gasteiger partial charge on any atom is 0.485 e. The van der Waals surface area contributed by atoms with Crippen LogP contribution < -0.4 is 5.11 Å². The second-order valence-corrected chi connectivity index (χ2v) is 14.5. The van der Waals surface area contributed by atoms with E-state index in [9.17, 15) is 5.11 Å². The molecule has 4 aliphatic carbocycles. The maximum atomic E-state index is 11.4. The summed E-state index contributed by atoms with van der Waals surface area (Å²) in [6.07, 6.45) is 12.1. The Kier molecular flexibility index (Phi) is 7.78. The van der Waals surface area contributed by atoms with Gasteiger partial charge in [-0.05, 0) is 90.8 Å². The lowest BCUT2D eigenvalue weighted by molar-refractivity contribution is -0.626. The molecule has 0 unspecified atom stereocenters. The highest BCUT2D eigenvalue weighted by atomic mass is 16.7. The standard InChI is InChI=1S/C30H51O3.CH2O3/c1-19(2)9-8-10-20(3)24-13-14-25-23-12-11-22-17-30(31)29(7,32-21(4)33-30)18-28(22,6)26(23)15-16-27(24,25)5;2-1(3)4/h19-20,22-26,31H,8-18H2,1-7H3;(H2,2,3,4)/q+1;/p-1/t20-,22+,23+,24-,25+,26+,27-,28+,29+,30-;/m1./s1. The topological polar surface area (TPSA) is 101 Å². The third-order valence-corrected chi connectivity index (χ3v) is 12.0. The molecule has 0 aromatic rings. The van der Waals surface area contributed by atoms with Gasteiger partial charge >= 0.3 is 11.8 Å². The Labute approximate surface area is 224 Å². The number of esters is 1. The van der Waals surface area contributed by atoms with Crippen molar-refractivity contribution in [1.29, 1.82) is 0 Å². The van der Waals surface area contributed by atoms with E-state index in [0.29, 0.717) is 17.3 Å². The lowest BCUT2D eigenvalue weighted by Gasteiger charge is -2.62. The molecule has 2 N–H and O–H groups in total. The van der Waals surface area contributed by atoms with E-state index in [-0.39, 0.29) is 5.41 Å². The SMILES string of the molecule is CC1=[O+][C@]2(O)C[C@@H]3CC[C@@H]4[C@H](CC[C@]5(C)[C@@H]([C@H](C)CCCC(C)C)CC[C@@H]45)[C@@]3(C)C[C@]2(C)O1.O=C([O-])O. The van der Waals surface area contributed by atoms with E-state index in [2.05, 4.69) is 41.5 Å². The monoisotopic (exact) mass is 520 g/mol. The summed E-state index contributed by atoms with van der Waals surface area (Å²) in [5, 5.41) is 26.7. The molecule has 0 saturated heterocycles. The predicted octanol–water partition coefficient (Wildman–Crippen LogP) is 6.17. The first-order valence-electron chi connectivity index (χ1n) is 15.0. The van der Waals surface area contributed by atoms with Gasteiger partial charge in [0.15, 0.2) is 0 Å². The van der Waals surface area contributed by atoms with E-state index in [0.717, 1.165) is 48.3 Å². The quantitative estimate of drug-likeness (QED) is 0.334. The summed E-state index contributed by atoms with van der Waals surface area (Å²) in [4.78, 5) is 8.44. The van der Waals surface area contributed by atoms with Gasteiger partial charge in [0.05, 0.1) is 13.3 Å². The van der Waals surface area contributed by atoms with Crippen molar-refractivity contribution in [2.75, 3.05) is 0 Å². The molecule has 0 bridgehead atoms. The maximum absolute atomic E-state index is 11.4. The van der Waals surface area contributed by atoms with Crippen LogP contribution in [-0.2, 0) is 9.16 Å². The summed E-state index contributed by atoms with van der Waals surface area (Å²) >= 11 is 0. The van der Waals surface area contributed by atoms with Crippen molar-refractivity contribution in [1.82, 2.24) is 0 Å². The van der Waals surface area contributed by atoms with E-state index in [4.69, 9.17) is 24.2 Å². The van der Waals surface area contributed by atoms with E-state index in [1.54, 1.807) is 0 Å². The summed E-state index contributed by atoms with van der Waals surface area (Å²) < 4.78 is 12.1. The number of aliphatic hydroxyl groups is 1. The highest BCUT2D eigenvalue weighted by Gasteiger charge is 2.74. The first-order chi connectivity index (χ1) is 17.1. The Balaban J connectivity index is 0.000000747. The minimum absolute atomic E-state index is 0.250. The first-order valence-corrected chi connectivity index (χ1v) is 15.0. The fraction of sp³-hybridized carbons (Fsp3) is 0.935. The molecule has 6 nitrogen and oxygen atoms in total. The van der Waals surface area contributed by atoms with Gasteiger partial charge in [-0.3, -0.25) is 4.42 Å². The Bertz CT molecular complexity index is 881. The first kappa shape index (κ1) is 28.7. The second-order valence-electron chi connectivity index (χ2n) is 14.5. The van der Waals surface area contributed by atoms with E-state index < -0.39 is 17.5 Å². The van der Waals surface area contributed by atoms with Crippen molar-refractivity contribution in [3.63, 3.8) is 0 Å². The number of fused-ring (bicyclic) bond motifs is 6. The fourth-order valence-electron chi connectivity index (χ4n) is 10.4. The van der Waals surface area contributed by atoms with Gasteiger partial charge in [0.1, 0.15) is 0 Å². The summed E-state index contributed by atoms with van der Waals surface area (Å²) in [6, 6.07) is 0. The summed E-state index contributed by atoms with van der Waals surface area (Å²) in [6.45, 7) is 16.5. The zero-order valence-corrected chi connectivity index (χ0v) is 24.3. The van der Waals surface area contributed by atoms with Crippen LogP contribution in [0, 0.1) is 52.3 Å². The van der Waals surface area contributed by atoms with Crippen LogP contribution in [0.2, 0.25) is 0 Å². The predicted molar refractivity (Wildman–Crippen MR) is 142 cm³/mol. The highest BCUT2D eigenvalue weighted by Crippen LogP contribution is 2.70. The summed E-state index contributed by atoms with van der Waals surface area (Å²) in [5.41, 5.74) is 0.187. The smallest absolute Gasteiger partial charge is 0.485 e. The lowest BCUT2D eigenvalue weighted by atomic mass is 9.43. The molecule has 5 aliphatic rings. The van der Waals surface area contributed by atoms with Gasteiger partial charge in [0.25, 0.3) is 5.60 Å². The van der Waals surface area contributed by atoms with E-state index >= 15 is 0 Å². The molecule has 1 heterocycles. The van der Waals surface area contributed by atoms with Crippen molar-refractivity contribution in [3.8, 4) is 0 Å². The molecule has 10 atom stereocenters. The Hall–Kier alpha value is -1.30. The van der Waals surface area contributed by atoms with E-state index in [1.165, 1.54) is 57.8 Å². The number of rotatable bonds is 5. The van der Waals surface area contributed by atoms with Crippen LogP contribution in [0.4, 0.5) is 4.79 Å². The van der Waals surface area contributed by atoms with Crippen molar-refractivity contribution < 1.29 is 29.3 Å². The number of carboxylic acid groups (broad SMARTS) is 2. The van der Waals surface area contributed by atoms with Gasteiger partial charge in [0, 0.05) is 13.3 Å². The van der Waals surface area contributed by atoms with Crippen LogP contribution in [0.1, 0.15) is 119 Å². The zero-order chi connectivity index (χ0) is 27.4. The average Bonchev–Trinajstić information content (AvgIpc) is 3.22. The number of ether oxygens (including phenoxy) is 1. The summed E-state index contributed by atoms with van der Waals surface area (Å²) in [5.74, 6) is 5.11. The molecule has 0 amide bonds. The van der Waals surface area contributed by atoms with Crippen molar-refractivity contribution >= 4 is 12.1 Å². The molecule has 5 rings (SSSR count). The third-order valence-electron chi connectivity index (χ3n) is 12.0. The van der Waals surface area contributed by atoms with Crippen LogP contribution in [0.5, 0.6) is 0 Å². The molecule has 0 radical (unpaired) electrons. The minimum atomic E-state index is -2.08. The normalized spacial score (nSPS) is 46.8. The average molecular weight is 521 g/mol. The molecule has 0 spiro atoms. The minimum Gasteiger partial charge on any atom is -0.565 e. The van der Waals surface area contributed by atoms with Crippen molar-refractivity contribution in [3.05, 3.63) is 0 Å². The van der Waals surface area contributed by atoms with Crippen molar-refractivity contribution in [2.45, 2.75) is 130 Å². The van der Waals surface area contributed by atoms with Crippen LogP contribution in [0.3, 0.4) is 0 Å². The molecule has 6 heteroatoms. The molecule has 4 fully saturated rings. The highest BCUT2D eigenvalue weighted by molar-refractivity contribution is 5.68. The van der Waals surface area contributed by atoms with Gasteiger partial charge in [-0.1, -0.05) is 53.9 Å². The molecule has 1 aliphatic heterocycles. The van der Waals surface area contributed by atoms with Gasteiger partial charge in [-0.2, -0.15) is 0 Å². The van der Waals surface area contributed by atoms with E-state index in [1.807, 2.05) is 6.92 Å². The third kappa shape index (κ3) is 4.94. The number of carbonyl (C=O) groups is 1. The molecule has 212 valence electrons. The number of carbonyl (C=O) groups excluding carboxylic acids is 1. The molecule has 0 aromatic heterocycles.